The predicted octanol–water partition coefficient (Wildman–Crippen LogP) is 3.03. The smallest absolute Gasteiger partial charge is 0.00913 e. The Balaban J connectivity index is 1.58. The van der Waals surface area contributed by atoms with E-state index in [2.05, 4.69) is 54.0 Å². The maximum absolute atomic E-state index is 3.69. The lowest BCUT2D eigenvalue weighted by Crippen LogP contribution is -2.40. The van der Waals surface area contributed by atoms with Crippen LogP contribution in [0.2, 0.25) is 0 Å². The molecule has 0 amide bonds. The molecule has 2 aromatic rings. The van der Waals surface area contributed by atoms with Crippen LogP contribution < -0.4 is 10.6 Å². The van der Waals surface area contributed by atoms with Crippen LogP contribution in [0.4, 0.5) is 0 Å². The lowest BCUT2D eigenvalue weighted by Gasteiger charge is -2.23. The summed E-state index contributed by atoms with van der Waals surface area (Å²) in [5.41, 5.74) is 2.76. The molecule has 0 unspecified atom stereocenters. The summed E-state index contributed by atoms with van der Waals surface area (Å²) >= 11 is 0. The zero-order valence-corrected chi connectivity index (χ0v) is 12.3. The average molecular weight is 268 g/mol. The summed E-state index contributed by atoms with van der Waals surface area (Å²) in [7, 11) is 0. The first kappa shape index (κ1) is 13.6. The van der Waals surface area contributed by atoms with Gasteiger partial charge in [0.05, 0.1) is 0 Å². The van der Waals surface area contributed by atoms with E-state index in [1.165, 1.54) is 34.7 Å². The van der Waals surface area contributed by atoms with Crippen LogP contribution in [-0.4, -0.2) is 25.7 Å². The molecule has 2 heteroatoms. The van der Waals surface area contributed by atoms with Gasteiger partial charge in [-0.3, -0.25) is 0 Å². The van der Waals surface area contributed by atoms with Gasteiger partial charge in [-0.05, 0) is 62.2 Å². The molecule has 2 aromatic carbocycles. The van der Waals surface area contributed by atoms with E-state index in [-0.39, 0.29) is 0 Å². The lowest BCUT2D eigenvalue weighted by molar-refractivity contribution is 0.390. The monoisotopic (exact) mass is 268 g/mol. The molecule has 0 aliphatic carbocycles. The van der Waals surface area contributed by atoms with Crippen LogP contribution in [0.3, 0.4) is 0 Å². The van der Waals surface area contributed by atoms with Gasteiger partial charge < -0.3 is 10.6 Å². The van der Waals surface area contributed by atoms with Crippen molar-refractivity contribution in [1.29, 1.82) is 0 Å². The summed E-state index contributed by atoms with van der Waals surface area (Å²) in [6.45, 7) is 5.55. The summed E-state index contributed by atoms with van der Waals surface area (Å²) in [5, 5.41) is 9.80. The number of hydrogen-bond donors (Lipinski definition) is 2. The molecule has 0 atom stereocenters. The Hall–Kier alpha value is -1.38. The molecule has 1 fully saturated rings. The topological polar surface area (TPSA) is 24.1 Å². The third kappa shape index (κ3) is 3.38. The molecule has 2 nitrogen and oxygen atoms in total. The Morgan fingerprint density at radius 2 is 1.80 bits per heavy atom. The summed E-state index contributed by atoms with van der Waals surface area (Å²) < 4.78 is 0. The van der Waals surface area contributed by atoms with Gasteiger partial charge >= 0.3 is 0 Å². The van der Waals surface area contributed by atoms with E-state index in [9.17, 15) is 0 Å². The Morgan fingerprint density at radius 1 is 1.05 bits per heavy atom. The first-order valence-corrected chi connectivity index (χ1v) is 7.75. The second-order valence-corrected chi connectivity index (χ2v) is 5.91. The van der Waals surface area contributed by atoms with E-state index < -0.39 is 0 Å². The van der Waals surface area contributed by atoms with Crippen molar-refractivity contribution in [2.24, 2.45) is 0 Å². The number of piperidine rings is 1. The number of benzene rings is 2. The predicted molar refractivity (Wildman–Crippen MR) is 86.3 cm³/mol. The molecule has 0 radical (unpaired) electrons. The first-order valence-electron chi connectivity index (χ1n) is 7.75. The van der Waals surface area contributed by atoms with Crippen molar-refractivity contribution < 1.29 is 0 Å². The van der Waals surface area contributed by atoms with Crippen molar-refractivity contribution in [1.82, 2.24) is 10.6 Å². The van der Waals surface area contributed by atoms with Crippen LogP contribution in [0.1, 0.15) is 24.0 Å². The molecule has 0 bridgehead atoms. The Bertz CT molecular complexity index is 571. The van der Waals surface area contributed by atoms with Gasteiger partial charge in [0.2, 0.25) is 0 Å². The number of aryl methyl sites for hydroxylation is 1. The standard InChI is InChI=1S/C18H24N2/c1-14-2-4-17-13-15(3-5-16(17)12-14)6-11-20-18-7-9-19-10-8-18/h2-5,12-13,18-20H,6-11H2,1H3. The molecule has 2 N–H and O–H groups in total. The minimum Gasteiger partial charge on any atom is -0.317 e. The van der Waals surface area contributed by atoms with E-state index in [4.69, 9.17) is 0 Å². The lowest BCUT2D eigenvalue weighted by atomic mass is 10.0. The van der Waals surface area contributed by atoms with Gasteiger partial charge in [-0.2, -0.15) is 0 Å². The fourth-order valence-electron chi connectivity index (χ4n) is 3.02. The summed E-state index contributed by atoms with van der Waals surface area (Å²) in [6.07, 6.45) is 3.64. The highest BCUT2D eigenvalue weighted by Gasteiger charge is 2.11. The largest absolute Gasteiger partial charge is 0.317 e. The number of nitrogens with one attached hydrogen (secondary N) is 2. The normalized spacial score (nSPS) is 16.6. The van der Waals surface area contributed by atoms with Crippen molar-refractivity contribution in [2.45, 2.75) is 32.2 Å². The quantitative estimate of drug-likeness (QED) is 0.890. The fraction of sp³-hybridized carbons (Fsp3) is 0.444. The molecule has 0 spiro atoms. The van der Waals surface area contributed by atoms with Crippen LogP contribution in [-0.2, 0) is 6.42 Å². The summed E-state index contributed by atoms with van der Waals surface area (Å²) in [4.78, 5) is 0. The van der Waals surface area contributed by atoms with Crippen LogP contribution in [0.15, 0.2) is 36.4 Å². The molecule has 3 rings (SSSR count). The van der Waals surface area contributed by atoms with E-state index in [0.717, 1.165) is 26.1 Å². The highest BCUT2D eigenvalue weighted by Crippen LogP contribution is 2.18. The SMILES string of the molecule is Cc1ccc2cc(CCNC3CCNCC3)ccc2c1. The molecular weight excluding hydrogens is 244 g/mol. The Kier molecular flexibility index (Phi) is 4.34. The third-order valence-electron chi connectivity index (χ3n) is 4.25. The highest BCUT2D eigenvalue weighted by atomic mass is 15.0. The summed E-state index contributed by atoms with van der Waals surface area (Å²) in [5.74, 6) is 0. The number of hydrogen-bond acceptors (Lipinski definition) is 2. The van der Waals surface area contributed by atoms with Crippen molar-refractivity contribution in [3.8, 4) is 0 Å². The number of rotatable bonds is 4. The van der Waals surface area contributed by atoms with E-state index >= 15 is 0 Å². The van der Waals surface area contributed by atoms with E-state index in [1.807, 2.05) is 0 Å². The van der Waals surface area contributed by atoms with Crippen LogP contribution in [0.5, 0.6) is 0 Å². The molecule has 1 saturated heterocycles. The van der Waals surface area contributed by atoms with Crippen molar-refractivity contribution in [3.63, 3.8) is 0 Å². The van der Waals surface area contributed by atoms with Gasteiger partial charge in [0, 0.05) is 6.04 Å². The van der Waals surface area contributed by atoms with Gasteiger partial charge in [-0.1, -0.05) is 42.0 Å². The molecule has 1 aliphatic rings. The molecular formula is C18H24N2. The van der Waals surface area contributed by atoms with E-state index in [1.54, 1.807) is 0 Å². The zero-order valence-electron chi connectivity index (χ0n) is 12.3. The minimum absolute atomic E-state index is 0.708. The highest BCUT2D eigenvalue weighted by molar-refractivity contribution is 5.83. The second kappa shape index (κ2) is 6.38. The minimum atomic E-state index is 0.708. The maximum atomic E-state index is 3.69. The zero-order chi connectivity index (χ0) is 13.8. The van der Waals surface area contributed by atoms with Crippen molar-refractivity contribution in [2.75, 3.05) is 19.6 Å². The average Bonchev–Trinajstić information content (AvgIpc) is 2.48. The van der Waals surface area contributed by atoms with Crippen LogP contribution >= 0.6 is 0 Å². The maximum Gasteiger partial charge on any atom is 0.00913 e. The van der Waals surface area contributed by atoms with Gasteiger partial charge in [0.15, 0.2) is 0 Å². The molecule has 1 heterocycles. The molecule has 0 aromatic heterocycles. The second-order valence-electron chi connectivity index (χ2n) is 5.91. The molecule has 1 aliphatic heterocycles. The van der Waals surface area contributed by atoms with Gasteiger partial charge in [0.25, 0.3) is 0 Å². The van der Waals surface area contributed by atoms with Crippen LogP contribution in [0.25, 0.3) is 10.8 Å². The van der Waals surface area contributed by atoms with Gasteiger partial charge in [0.1, 0.15) is 0 Å². The third-order valence-corrected chi connectivity index (χ3v) is 4.25. The molecule has 0 saturated carbocycles. The van der Waals surface area contributed by atoms with Gasteiger partial charge in [-0.15, -0.1) is 0 Å². The van der Waals surface area contributed by atoms with Crippen LogP contribution in [0, 0.1) is 6.92 Å². The first-order chi connectivity index (χ1) is 9.81. The van der Waals surface area contributed by atoms with E-state index in [0.29, 0.717) is 6.04 Å². The summed E-state index contributed by atoms with van der Waals surface area (Å²) in [6, 6.07) is 14.2. The Labute approximate surface area is 121 Å². The van der Waals surface area contributed by atoms with Crippen molar-refractivity contribution in [3.05, 3.63) is 47.5 Å². The molecule has 20 heavy (non-hydrogen) atoms. The Morgan fingerprint density at radius 3 is 2.65 bits per heavy atom. The van der Waals surface area contributed by atoms with Crippen molar-refractivity contribution >= 4 is 10.8 Å². The fourth-order valence-corrected chi connectivity index (χ4v) is 3.02. The van der Waals surface area contributed by atoms with Gasteiger partial charge in [-0.25, -0.2) is 0 Å². The molecule has 106 valence electrons. The number of fused-ring (bicyclic) bond motifs is 1.